The highest BCUT2D eigenvalue weighted by Gasteiger charge is 2.13. The molecule has 0 N–H and O–H groups in total. The van der Waals surface area contributed by atoms with E-state index in [1.807, 2.05) is 0 Å². The van der Waals surface area contributed by atoms with Gasteiger partial charge in [0.2, 0.25) is 0 Å². The normalized spacial score (nSPS) is 11.4. The summed E-state index contributed by atoms with van der Waals surface area (Å²) in [5.74, 6) is 3.68. The Morgan fingerprint density at radius 1 is 0.196 bits per heavy atom. The number of hydrogen-bond acceptors (Lipinski definition) is 8. The fraction of sp³-hybridized carbons (Fsp3) is 0.571. The van der Waals surface area contributed by atoms with Gasteiger partial charge in [-0.15, -0.1) is 0 Å². The smallest absolute Gasteiger partial charge is 0.119 e. The van der Waals surface area contributed by atoms with E-state index in [9.17, 15) is 0 Å². The molecule has 0 amide bonds. The van der Waals surface area contributed by atoms with E-state index in [2.05, 4.69) is 161 Å². The molecule has 0 fully saturated rings. The predicted molar refractivity (Wildman–Crippen MR) is 388 cm³/mol. The van der Waals surface area contributed by atoms with Gasteiger partial charge >= 0.3 is 0 Å². The molecule has 92 heavy (non-hydrogen) atoms. The van der Waals surface area contributed by atoms with E-state index >= 15 is 0 Å². The summed E-state index contributed by atoms with van der Waals surface area (Å²) >= 11 is 0. The molecule has 8 nitrogen and oxygen atoms in total. The Hall–Kier alpha value is -5.64. The molecule has 0 spiro atoms. The van der Waals surface area contributed by atoms with E-state index in [4.69, 9.17) is 37.9 Å². The molecule has 6 aromatic rings. The van der Waals surface area contributed by atoms with Crippen LogP contribution in [0.4, 0.5) is 0 Å². The second-order valence-electron chi connectivity index (χ2n) is 25.5. The largest absolute Gasteiger partial charge is 0.494 e. The summed E-state index contributed by atoms with van der Waals surface area (Å²) < 4.78 is 49.4. The van der Waals surface area contributed by atoms with Gasteiger partial charge in [0.25, 0.3) is 0 Å². The average molecular weight is 1260 g/mol. The van der Waals surface area contributed by atoms with Crippen molar-refractivity contribution in [2.45, 2.75) is 246 Å². The summed E-state index contributed by atoms with van der Waals surface area (Å²) in [7, 11) is 0. The highest BCUT2D eigenvalue weighted by Crippen LogP contribution is 2.34. The summed E-state index contributed by atoms with van der Waals surface area (Å²) in [5.41, 5.74) is 11.4. The van der Waals surface area contributed by atoms with Crippen molar-refractivity contribution in [1.29, 1.82) is 0 Å². The zero-order valence-electron chi connectivity index (χ0n) is 58.1. The predicted octanol–water partition coefficient (Wildman–Crippen LogP) is 24.2. The summed E-state index contributed by atoms with van der Waals surface area (Å²) in [6.45, 7) is 15.9. The van der Waals surface area contributed by atoms with Crippen LogP contribution in [-0.2, 0) is 32.2 Å². The van der Waals surface area contributed by atoms with Crippen LogP contribution in [0.3, 0.4) is 0 Å². The molecule has 6 rings (SSSR count). The quantitative estimate of drug-likeness (QED) is 0.0350. The second-order valence-corrected chi connectivity index (χ2v) is 25.5. The minimum atomic E-state index is 0.460. The Morgan fingerprint density at radius 2 is 0.413 bits per heavy atom. The maximum Gasteiger partial charge on any atom is 0.119 e. The van der Waals surface area contributed by atoms with E-state index in [1.54, 1.807) is 0 Å². The number of unbranched alkanes of at least 4 members (excludes halogenated alkanes) is 28. The monoisotopic (exact) mass is 1260 g/mol. The summed E-state index contributed by atoms with van der Waals surface area (Å²) in [6.07, 6.45) is 41.3. The van der Waals surface area contributed by atoms with Crippen LogP contribution >= 0.6 is 0 Å². The van der Waals surface area contributed by atoms with Crippen LogP contribution in [0.25, 0.3) is 44.5 Å². The molecule has 0 aromatic heterocycles. The fourth-order valence-electron chi connectivity index (χ4n) is 11.9. The summed E-state index contributed by atoms with van der Waals surface area (Å²) in [4.78, 5) is 0. The van der Waals surface area contributed by atoms with Crippen LogP contribution in [0.1, 0.15) is 244 Å². The van der Waals surface area contributed by atoms with Crippen LogP contribution in [0.2, 0.25) is 0 Å². The molecule has 8 heteroatoms. The fourth-order valence-corrected chi connectivity index (χ4v) is 11.9. The zero-order valence-corrected chi connectivity index (χ0v) is 58.1. The molecular weight excluding hydrogens is 1140 g/mol. The van der Waals surface area contributed by atoms with E-state index in [0.717, 1.165) is 131 Å². The molecule has 6 aromatic carbocycles. The molecule has 0 heterocycles. The molecule has 0 aliphatic heterocycles. The molecular formula is C84H122O8. The number of rotatable bonds is 57. The minimum Gasteiger partial charge on any atom is -0.494 e. The first-order valence-electron chi connectivity index (χ1n) is 37.1. The van der Waals surface area contributed by atoms with Crippen molar-refractivity contribution in [3.05, 3.63) is 145 Å². The lowest BCUT2D eigenvalue weighted by atomic mass is 9.95. The van der Waals surface area contributed by atoms with Crippen molar-refractivity contribution in [2.24, 2.45) is 0 Å². The summed E-state index contributed by atoms with van der Waals surface area (Å²) in [5, 5.41) is 0. The van der Waals surface area contributed by atoms with Gasteiger partial charge in [0.05, 0.1) is 79.3 Å². The van der Waals surface area contributed by atoms with Crippen LogP contribution in [0.5, 0.6) is 23.0 Å². The molecule has 0 bridgehead atoms. The van der Waals surface area contributed by atoms with Gasteiger partial charge in [-0.05, 0) is 142 Å². The maximum atomic E-state index is 6.35. The van der Waals surface area contributed by atoms with Crippen LogP contribution in [-0.4, -0.2) is 66.1 Å². The van der Waals surface area contributed by atoms with Crippen molar-refractivity contribution in [2.75, 3.05) is 66.1 Å². The van der Waals surface area contributed by atoms with Crippen LogP contribution in [0, 0.1) is 0 Å². The first kappa shape index (κ1) is 75.4. The van der Waals surface area contributed by atoms with Gasteiger partial charge in [0.15, 0.2) is 0 Å². The molecule has 0 aliphatic rings. The first-order chi connectivity index (χ1) is 45.6. The van der Waals surface area contributed by atoms with Gasteiger partial charge in [-0.25, -0.2) is 0 Å². The SMILES string of the molecule is CCCCCCCCCCOc1ccc(-c2ccc(-c3ccc(OCCCCCCCCCC)cc3)c(COCCOCCOCCOCc3cc(-c4ccc(OCCCCCCCCCC)cc4)ccc3-c3ccc(OCCCCCCCCCC)cc3)c2)cc1. The van der Waals surface area contributed by atoms with Crippen LogP contribution in [0.15, 0.2) is 133 Å². The molecule has 0 saturated heterocycles. The van der Waals surface area contributed by atoms with E-state index < -0.39 is 0 Å². The lowest BCUT2D eigenvalue weighted by Gasteiger charge is -2.15. The third-order valence-corrected chi connectivity index (χ3v) is 17.6. The highest BCUT2D eigenvalue weighted by molar-refractivity contribution is 5.75. The molecule has 506 valence electrons. The summed E-state index contributed by atoms with van der Waals surface area (Å²) in [6, 6.07) is 47.6. The van der Waals surface area contributed by atoms with Gasteiger partial charge in [0.1, 0.15) is 23.0 Å². The van der Waals surface area contributed by atoms with Crippen molar-refractivity contribution >= 4 is 0 Å². The zero-order chi connectivity index (χ0) is 64.4. The van der Waals surface area contributed by atoms with Gasteiger partial charge < -0.3 is 37.9 Å². The lowest BCUT2D eigenvalue weighted by Crippen LogP contribution is -2.12. The second kappa shape index (κ2) is 49.9. The Labute approximate surface area is 559 Å². The number of hydrogen-bond donors (Lipinski definition) is 0. The number of benzene rings is 6. The minimum absolute atomic E-state index is 0.460. The topological polar surface area (TPSA) is 73.8 Å². The maximum absolute atomic E-state index is 6.35. The lowest BCUT2D eigenvalue weighted by molar-refractivity contribution is -0.00610. The number of ether oxygens (including phenoxy) is 8. The van der Waals surface area contributed by atoms with E-state index in [0.29, 0.717) is 52.9 Å². The van der Waals surface area contributed by atoms with Crippen molar-refractivity contribution < 1.29 is 37.9 Å². The molecule has 0 saturated carbocycles. The first-order valence-corrected chi connectivity index (χ1v) is 37.1. The van der Waals surface area contributed by atoms with Crippen molar-refractivity contribution in [1.82, 2.24) is 0 Å². The van der Waals surface area contributed by atoms with Crippen molar-refractivity contribution in [3.63, 3.8) is 0 Å². The van der Waals surface area contributed by atoms with Crippen LogP contribution < -0.4 is 18.9 Å². The molecule has 0 aliphatic carbocycles. The van der Waals surface area contributed by atoms with E-state index in [-0.39, 0.29) is 0 Å². The Morgan fingerprint density at radius 3 is 0.674 bits per heavy atom. The average Bonchev–Trinajstić information content (AvgIpc) is 0.893. The van der Waals surface area contributed by atoms with Gasteiger partial charge in [0, 0.05) is 0 Å². The van der Waals surface area contributed by atoms with E-state index in [1.165, 1.54) is 180 Å². The highest BCUT2D eigenvalue weighted by atomic mass is 16.6. The van der Waals surface area contributed by atoms with Crippen molar-refractivity contribution in [3.8, 4) is 67.5 Å². The molecule has 0 atom stereocenters. The Kier molecular flexibility index (Phi) is 40.9. The third-order valence-electron chi connectivity index (χ3n) is 17.6. The Bertz CT molecular complexity index is 2530. The Balaban J connectivity index is 0.959. The van der Waals surface area contributed by atoms with Gasteiger partial charge in [-0.1, -0.05) is 280 Å². The molecule has 0 radical (unpaired) electrons. The molecule has 0 unspecified atom stereocenters. The third kappa shape index (κ3) is 32.0. The van der Waals surface area contributed by atoms with Gasteiger partial charge in [-0.3, -0.25) is 0 Å². The van der Waals surface area contributed by atoms with Gasteiger partial charge in [-0.2, -0.15) is 0 Å². The standard InChI is InChI=1S/C84H122O8/c1-5-9-13-17-21-25-29-33-57-89-79-47-37-71(38-48-79)75-45-55-83(73-41-51-81(52-42-73)91-59-35-31-27-23-19-15-11-7-3)77(67-75)69-87-65-63-85-61-62-86-64-66-88-70-78-68-76(72-39-49-80(50-40-72)90-58-34-30-26-22-18-14-10-6-2)46-56-84(78)74-43-53-82(54-44-74)92-60-36-32-28-24-20-16-12-8-4/h37-56,67-68H,5-36,57-66,69-70H2,1-4H3.